The smallest absolute Gasteiger partial charge is 0.239 e. The first-order chi connectivity index (χ1) is 9.88. The van der Waals surface area contributed by atoms with Crippen LogP contribution in [0, 0.1) is 12.8 Å². The SMILES string of the molecule is Cc1ccc2c(c1)C(NC(CC(C)C)C(=O)N(C)C)CC2. The van der Waals surface area contributed by atoms with Gasteiger partial charge in [0.1, 0.15) is 0 Å². The van der Waals surface area contributed by atoms with Gasteiger partial charge in [-0.15, -0.1) is 0 Å². The minimum Gasteiger partial charge on any atom is -0.347 e. The number of fused-ring (bicyclic) bond motifs is 1. The van der Waals surface area contributed by atoms with E-state index in [-0.39, 0.29) is 11.9 Å². The maximum absolute atomic E-state index is 12.4. The van der Waals surface area contributed by atoms with Gasteiger partial charge in [-0.3, -0.25) is 10.1 Å². The van der Waals surface area contributed by atoms with Gasteiger partial charge in [0.2, 0.25) is 5.91 Å². The van der Waals surface area contributed by atoms with Gasteiger partial charge in [0, 0.05) is 20.1 Å². The fourth-order valence-corrected chi connectivity index (χ4v) is 3.16. The van der Waals surface area contributed by atoms with Crippen molar-refractivity contribution in [1.82, 2.24) is 10.2 Å². The molecule has 0 heterocycles. The van der Waals surface area contributed by atoms with Crippen LogP contribution in [0.4, 0.5) is 0 Å². The van der Waals surface area contributed by atoms with Crippen LogP contribution in [0.25, 0.3) is 0 Å². The van der Waals surface area contributed by atoms with Gasteiger partial charge in [-0.25, -0.2) is 0 Å². The Morgan fingerprint density at radius 2 is 2.10 bits per heavy atom. The van der Waals surface area contributed by atoms with Crippen LogP contribution in [0.2, 0.25) is 0 Å². The first kappa shape index (κ1) is 16.0. The summed E-state index contributed by atoms with van der Waals surface area (Å²) in [5.41, 5.74) is 4.11. The first-order valence-corrected chi connectivity index (χ1v) is 7.95. The summed E-state index contributed by atoms with van der Waals surface area (Å²) < 4.78 is 0. The molecular formula is C18H28N2O. The number of hydrogen-bond donors (Lipinski definition) is 1. The van der Waals surface area contributed by atoms with Crippen LogP contribution in [0.3, 0.4) is 0 Å². The molecule has 0 spiro atoms. The lowest BCUT2D eigenvalue weighted by molar-refractivity contribution is -0.131. The van der Waals surface area contributed by atoms with Crippen molar-refractivity contribution in [1.29, 1.82) is 0 Å². The van der Waals surface area contributed by atoms with E-state index in [4.69, 9.17) is 0 Å². The molecule has 0 saturated carbocycles. The van der Waals surface area contributed by atoms with Crippen molar-refractivity contribution >= 4 is 5.91 Å². The molecule has 116 valence electrons. The number of carbonyl (C=O) groups excluding carboxylic acids is 1. The molecule has 1 aromatic rings. The second-order valence-electron chi connectivity index (χ2n) is 6.87. The molecule has 0 aromatic heterocycles. The Morgan fingerprint density at radius 3 is 2.71 bits per heavy atom. The van der Waals surface area contributed by atoms with Crippen molar-refractivity contribution in [3.63, 3.8) is 0 Å². The fraction of sp³-hybridized carbons (Fsp3) is 0.611. The minimum atomic E-state index is -0.0866. The second kappa shape index (κ2) is 6.61. The van der Waals surface area contributed by atoms with Crippen molar-refractivity contribution < 1.29 is 4.79 Å². The fourth-order valence-electron chi connectivity index (χ4n) is 3.16. The Bertz CT molecular complexity index is 508. The summed E-state index contributed by atoms with van der Waals surface area (Å²) in [6.07, 6.45) is 3.08. The molecule has 1 aliphatic rings. The summed E-state index contributed by atoms with van der Waals surface area (Å²) in [5, 5.41) is 3.62. The lowest BCUT2D eigenvalue weighted by atomic mass is 9.99. The molecule has 1 N–H and O–H groups in total. The molecule has 0 bridgehead atoms. The van der Waals surface area contributed by atoms with Crippen LogP contribution in [0.15, 0.2) is 18.2 Å². The van der Waals surface area contributed by atoms with Gasteiger partial charge < -0.3 is 4.90 Å². The van der Waals surface area contributed by atoms with E-state index in [1.54, 1.807) is 4.90 Å². The van der Waals surface area contributed by atoms with Gasteiger partial charge in [-0.1, -0.05) is 37.6 Å². The number of amides is 1. The summed E-state index contributed by atoms with van der Waals surface area (Å²) in [5.74, 6) is 0.689. The van der Waals surface area contributed by atoms with Crippen LogP contribution in [-0.2, 0) is 11.2 Å². The predicted molar refractivity (Wildman–Crippen MR) is 87.3 cm³/mol. The normalized spacial score (nSPS) is 18.7. The molecule has 2 unspecified atom stereocenters. The molecule has 1 aliphatic carbocycles. The van der Waals surface area contributed by atoms with Crippen molar-refractivity contribution in [3.05, 3.63) is 34.9 Å². The Labute approximate surface area is 128 Å². The van der Waals surface area contributed by atoms with Crippen molar-refractivity contribution in [3.8, 4) is 0 Å². The molecule has 0 radical (unpaired) electrons. The maximum Gasteiger partial charge on any atom is 0.239 e. The molecule has 0 fully saturated rings. The highest BCUT2D eigenvalue weighted by atomic mass is 16.2. The van der Waals surface area contributed by atoms with Crippen LogP contribution >= 0.6 is 0 Å². The number of carbonyl (C=O) groups is 1. The number of benzene rings is 1. The molecule has 0 saturated heterocycles. The quantitative estimate of drug-likeness (QED) is 0.903. The Morgan fingerprint density at radius 1 is 1.38 bits per heavy atom. The largest absolute Gasteiger partial charge is 0.347 e. The Kier molecular flexibility index (Phi) is 5.04. The van der Waals surface area contributed by atoms with Gasteiger partial charge in [0.15, 0.2) is 0 Å². The lowest BCUT2D eigenvalue weighted by Gasteiger charge is -2.27. The molecule has 21 heavy (non-hydrogen) atoms. The topological polar surface area (TPSA) is 32.3 Å². The van der Waals surface area contributed by atoms with Crippen LogP contribution in [0.1, 0.15) is 49.4 Å². The maximum atomic E-state index is 12.4. The number of hydrogen-bond acceptors (Lipinski definition) is 2. The predicted octanol–water partition coefficient (Wildman–Crippen LogP) is 3.07. The molecule has 0 aliphatic heterocycles. The average Bonchev–Trinajstić information content (AvgIpc) is 2.79. The number of nitrogens with one attached hydrogen (secondary N) is 1. The molecule has 1 amide bonds. The van der Waals surface area contributed by atoms with Crippen LogP contribution < -0.4 is 5.32 Å². The van der Waals surface area contributed by atoms with Gasteiger partial charge >= 0.3 is 0 Å². The first-order valence-electron chi connectivity index (χ1n) is 7.95. The molecular weight excluding hydrogens is 260 g/mol. The van der Waals surface area contributed by atoms with E-state index in [1.165, 1.54) is 16.7 Å². The van der Waals surface area contributed by atoms with Gasteiger partial charge in [0.25, 0.3) is 0 Å². The third-order valence-electron chi connectivity index (χ3n) is 4.23. The molecule has 3 heteroatoms. The third kappa shape index (κ3) is 3.85. The Hall–Kier alpha value is -1.35. The van der Waals surface area contributed by atoms with Crippen molar-refractivity contribution in [2.24, 2.45) is 5.92 Å². The average molecular weight is 288 g/mol. The standard InChI is InChI=1S/C18H28N2O/c1-12(2)10-17(18(21)20(4)5)19-16-9-8-14-7-6-13(3)11-15(14)16/h6-7,11-12,16-17,19H,8-10H2,1-5H3. The number of aryl methyl sites for hydroxylation is 2. The zero-order valence-corrected chi connectivity index (χ0v) is 13.9. The monoisotopic (exact) mass is 288 g/mol. The number of rotatable bonds is 5. The summed E-state index contributed by atoms with van der Waals surface area (Å²) in [6, 6.07) is 6.91. The van der Waals surface area contributed by atoms with Crippen molar-refractivity contribution in [2.75, 3.05) is 14.1 Å². The molecule has 1 aromatic carbocycles. The van der Waals surface area contributed by atoms with Gasteiger partial charge in [-0.05, 0) is 43.2 Å². The van der Waals surface area contributed by atoms with E-state index in [0.717, 1.165) is 19.3 Å². The van der Waals surface area contributed by atoms with Gasteiger partial charge in [0.05, 0.1) is 6.04 Å². The highest BCUT2D eigenvalue weighted by Crippen LogP contribution is 2.32. The minimum absolute atomic E-state index is 0.0866. The summed E-state index contributed by atoms with van der Waals surface area (Å²) in [6.45, 7) is 6.47. The van der Waals surface area contributed by atoms with E-state index < -0.39 is 0 Å². The van der Waals surface area contributed by atoms with E-state index >= 15 is 0 Å². The summed E-state index contributed by atoms with van der Waals surface area (Å²) >= 11 is 0. The number of nitrogens with zero attached hydrogens (tertiary/aromatic N) is 1. The second-order valence-corrected chi connectivity index (χ2v) is 6.87. The lowest BCUT2D eigenvalue weighted by Crippen LogP contribution is -2.45. The summed E-state index contributed by atoms with van der Waals surface area (Å²) in [4.78, 5) is 14.1. The van der Waals surface area contributed by atoms with E-state index in [9.17, 15) is 4.79 Å². The van der Waals surface area contributed by atoms with E-state index in [0.29, 0.717) is 12.0 Å². The highest BCUT2D eigenvalue weighted by Gasteiger charge is 2.28. The Balaban J connectivity index is 2.15. The zero-order valence-electron chi connectivity index (χ0n) is 13.9. The highest BCUT2D eigenvalue weighted by molar-refractivity contribution is 5.81. The molecule has 2 rings (SSSR count). The van der Waals surface area contributed by atoms with Gasteiger partial charge in [-0.2, -0.15) is 0 Å². The number of likely N-dealkylation sites (N-methyl/N-ethyl adjacent to an activating group) is 1. The third-order valence-corrected chi connectivity index (χ3v) is 4.23. The van der Waals surface area contributed by atoms with Crippen LogP contribution in [-0.4, -0.2) is 30.9 Å². The molecule has 2 atom stereocenters. The van der Waals surface area contributed by atoms with Crippen LogP contribution in [0.5, 0.6) is 0 Å². The summed E-state index contributed by atoms with van der Waals surface area (Å²) in [7, 11) is 3.67. The van der Waals surface area contributed by atoms with Crippen molar-refractivity contribution in [2.45, 2.75) is 52.1 Å². The van der Waals surface area contributed by atoms with E-state index in [1.807, 2.05) is 14.1 Å². The molecule has 3 nitrogen and oxygen atoms in total. The zero-order chi connectivity index (χ0) is 15.6. The van der Waals surface area contributed by atoms with E-state index in [2.05, 4.69) is 44.3 Å².